The fourth-order valence-corrected chi connectivity index (χ4v) is 3.31. The molecule has 0 amide bonds. The molecule has 1 atom stereocenters. The highest BCUT2D eigenvalue weighted by atomic mass is 32.2. The minimum atomic E-state index is -0.845. The Morgan fingerprint density at radius 3 is 2.94 bits per heavy atom. The Bertz CT molecular complexity index is 336. The van der Waals surface area contributed by atoms with Gasteiger partial charge in [-0.2, -0.15) is 0 Å². The van der Waals surface area contributed by atoms with Gasteiger partial charge in [0.15, 0.2) is 0 Å². The number of rotatable bonds is 7. The number of thiophene rings is 1. The normalized spacial score (nSPS) is 14.3. The van der Waals surface area contributed by atoms with E-state index in [0.717, 1.165) is 18.6 Å². The summed E-state index contributed by atoms with van der Waals surface area (Å²) in [5.41, 5.74) is 5.02. The minimum absolute atomic E-state index is 0.330. The summed E-state index contributed by atoms with van der Waals surface area (Å²) in [6.45, 7) is 1.73. The molecule has 17 heavy (non-hydrogen) atoms. The van der Waals surface area contributed by atoms with Gasteiger partial charge in [-0.3, -0.25) is 4.79 Å². The predicted octanol–water partition coefficient (Wildman–Crippen LogP) is 2.90. The van der Waals surface area contributed by atoms with Gasteiger partial charge < -0.3 is 10.5 Å². The highest BCUT2D eigenvalue weighted by Crippen LogP contribution is 2.25. The molecule has 3 nitrogen and oxygen atoms in total. The summed E-state index contributed by atoms with van der Waals surface area (Å²) in [4.78, 5) is 11.3. The van der Waals surface area contributed by atoms with Crippen LogP contribution in [-0.4, -0.2) is 24.4 Å². The van der Waals surface area contributed by atoms with E-state index in [4.69, 9.17) is 5.73 Å². The summed E-state index contributed by atoms with van der Waals surface area (Å²) in [6.07, 6.45) is 2.68. The van der Waals surface area contributed by atoms with Crippen molar-refractivity contribution in [3.8, 4) is 0 Å². The third-order valence-corrected chi connectivity index (χ3v) is 4.70. The van der Waals surface area contributed by atoms with E-state index >= 15 is 0 Å². The summed E-state index contributed by atoms with van der Waals surface area (Å²) in [6, 6.07) is 4.18. The molecular weight excluding hydrogens is 254 g/mol. The van der Waals surface area contributed by atoms with Gasteiger partial charge in [-0.15, -0.1) is 23.1 Å². The number of carbonyl (C=O) groups is 1. The molecule has 1 rings (SSSR count). The van der Waals surface area contributed by atoms with Crippen molar-refractivity contribution in [1.82, 2.24) is 0 Å². The lowest BCUT2D eigenvalue weighted by molar-refractivity contribution is -0.146. The fraction of sp³-hybridized carbons (Fsp3) is 0.583. The van der Waals surface area contributed by atoms with Crippen LogP contribution in [0, 0.1) is 0 Å². The maximum Gasteiger partial charge on any atom is 0.325 e. The van der Waals surface area contributed by atoms with Crippen LogP contribution in [-0.2, 0) is 9.53 Å². The van der Waals surface area contributed by atoms with E-state index in [2.05, 4.69) is 22.2 Å². The van der Waals surface area contributed by atoms with Crippen molar-refractivity contribution in [2.24, 2.45) is 5.73 Å². The van der Waals surface area contributed by atoms with Gasteiger partial charge in [0, 0.05) is 0 Å². The number of hydrogen-bond acceptors (Lipinski definition) is 5. The van der Waals surface area contributed by atoms with E-state index in [9.17, 15) is 4.79 Å². The van der Waals surface area contributed by atoms with Gasteiger partial charge in [0.2, 0.25) is 0 Å². The van der Waals surface area contributed by atoms with Gasteiger partial charge in [-0.1, -0.05) is 12.5 Å². The zero-order valence-corrected chi connectivity index (χ0v) is 11.9. The standard InChI is InChI=1S/C12H19NO2S2/c1-12(13,11(14)15-2)7-3-4-8-16-10-6-5-9-17-10/h5-6,9H,3-4,7-8,13H2,1-2H3. The second-order valence-electron chi connectivity index (χ2n) is 4.15. The lowest BCUT2D eigenvalue weighted by Crippen LogP contribution is -2.45. The number of hydrogen-bond donors (Lipinski definition) is 1. The number of carbonyl (C=O) groups excluding carboxylic acids is 1. The number of methoxy groups -OCH3 is 1. The molecule has 1 unspecified atom stereocenters. The van der Waals surface area contributed by atoms with Crippen molar-refractivity contribution in [2.45, 2.75) is 35.9 Å². The van der Waals surface area contributed by atoms with Crippen LogP contribution in [0.15, 0.2) is 21.7 Å². The average Bonchev–Trinajstić information content (AvgIpc) is 2.80. The Balaban J connectivity index is 2.13. The van der Waals surface area contributed by atoms with Crippen LogP contribution in [0.25, 0.3) is 0 Å². The van der Waals surface area contributed by atoms with Gasteiger partial charge in [0.1, 0.15) is 5.54 Å². The first kappa shape index (κ1) is 14.5. The van der Waals surface area contributed by atoms with E-state index in [-0.39, 0.29) is 5.97 Å². The molecule has 1 aromatic rings. The van der Waals surface area contributed by atoms with Crippen LogP contribution in [0.2, 0.25) is 0 Å². The first-order valence-electron chi connectivity index (χ1n) is 5.60. The number of ether oxygens (including phenoxy) is 1. The molecule has 0 saturated carbocycles. The quantitative estimate of drug-likeness (QED) is 0.471. The number of nitrogens with two attached hydrogens (primary N) is 1. The van der Waals surface area contributed by atoms with Crippen molar-refractivity contribution < 1.29 is 9.53 Å². The van der Waals surface area contributed by atoms with Crippen LogP contribution in [0.3, 0.4) is 0 Å². The van der Waals surface area contributed by atoms with Crippen molar-refractivity contribution in [1.29, 1.82) is 0 Å². The van der Waals surface area contributed by atoms with E-state index in [1.807, 2.05) is 11.8 Å². The Morgan fingerprint density at radius 1 is 1.59 bits per heavy atom. The van der Waals surface area contributed by atoms with E-state index in [1.54, 1.807) is 18.3 Å². The van der Waals surface area contributed by atoms with Gasteiger partial charge in [-0.05, 0) is 37.0 Å². The third-order valence-electron chi connectivity index (χ3n) is 2.48. The maximum atomic E-state index is 11.3. The third kappa shape index (κ3) is 5.10. The van der Waals surface area contributed by atoms with E-state index in [0.29, 0.717) is 6.42 Å². The second-order valence-corrected chi connectivity index (χ2v) is 6.49. The molecule has 0 spiro atoms. The Labute approximate surface area is 111 Å². The molecule has 0 aliphatic carbocycles. The van der Waals surface area contributed by atoms with Gasteiger partial charge >= 0.3 is 5.97 Å². The van der Waals surface area contributed by atoms with Crippen molar-refractivity contribution >= 4 is 29.1 Å². The molecule has 0 saturated heterocycles. The molecule has 1 aromatic heterocycles. The summed E-state index contributed by atoms with van der Waals surface area (Å²) >= 11 is 3.61. The SMILES string of the molecule is COC(=O)C(C)(N)CCCCSc1cccs1. The van der Waals surface area contributed by atoms with Crippen LogP contribution in [0.5, 0.6) is 0 Å². The first-order chi connectivity index (χ1) is 8.06. The minimum Gasteiger partial charge on any atom is -0.468 e. The van der Waals surface area contributed by atoms with E-state index in [1.165, 1.54) is 11.3 Å². The lowest BCUT2D eigenvalue weighted by atomic mass is 9.97. The van der Waals surface area contributed by atoms with Gasteiger partial charge in [0.05, 0.1) is 11.3 Å². The number of thioether (sulfide) groups is 1. The average molecular weight is 273 g/mol. The molecule has 96 valence electrons. The summed E-state index contributed by atoms with van der Waals surface area (Å²) in [5, 5.41) is 2.08. The number of esters is 1. The topological polar surface area (TPSA) is 52.3 Å². The smallest absolute Gasteiger partial charge is 0.325 e. The highest BCUT2D eigenvalue weighted by Gasteiger charge is 2.28. The van der Waals surface area contributed by atoms with Crippen LogP contribution in [0.1, 0.15) is 26.2 Å². The summed E-state index contributed by atoms with van der Waals surface area (Å²) in [7, 11) is 1.38. The van der Waals surface area contributed by atoms with Crippen molar-refractivity contribution in [3.63, 3.8) is 0 Å². The lowest BCUT2D eigenvalue weighted by Gasteiger charge is -2.20. The second kappa shape index (κ2) is 7.03. The fourth-order valence-electron chi connectivity index (χ4n) is 1.45. The monoisotopic (exact) mass is 273 g/mol. The van der Waals surface area contributed by atoms with Crippen LogP contribution in [0.4, 0.5) is 0 Å². The zero-order valence-electron chi connectivity index (χ0n) is 10.3. The molecule has 2 N–H and O–H groups in total. The molecule has 0 fully saturated rings. The largest absolute Gasteiger partial charge is 0.468 e. The van der Waals surface area contributed by atoms with Gasteiger partial charge in [-0.25, -0.2) is 0 Å². The van der Waals surface area contributed by atoms with Crippen LogP contribution >= 0.6 is 23.1 Å². The molecule has 1 heterocycles. The van der Waals surface area contributed by atoms with Crippen molar-refractivity contribution in [3.05, 3.63) is 17.5 Å². The molecular formula is C12H19NO2S2. The molecule has 0 aliphatic rings. The zero-order chi connectivity index (χ0) is 12.7. The first-order valence-corrected chi connectivity index (χ1v) is 7.46. The molecule has 0 bridgehead atoms. The van der Waals surface area contributed by atoms with Crippen LogP contribution < -0.4 is 5.73 Å². The summed E-state index contributed by atoms with van der Waals surface area (Å²) < 4.78 is 6.00. The summed E-state index contributed by atoms with van der Waals surface area (Å²) in [5.74, 6) is 0.737. The maximum absolute atomic E-state index is 11.3. The predicted molar refractivity (Wildman–Crippen MR) is 73.5 cm³/mol. The van der Waals surface area contributed by atoms with Crippen molar-refractivity contribution in [2.75, 3.05) is 12.9 Å². The Hall–Kier alpha value is -0.520. The van der Waals surface area contributed by atoms with E-state index < -0.39 is 5.54 Å². The highest BCUT2D eigenvalue weighted by molar-refractivity contribution is 8.01. The Morgan fingerprint density at radius 2 is 2.35 bits per heavy atom. The molecule has 0 aliphatic heterocycles. The molecule has 0 radical (unpaired) electrons. The molecule has 0 aromatic carbocycles. The van der Waals surface area contributed by atoms with Gasteiger partial charge in [0.25, 0.3) is 0 Å². The molecule has 5 heteroatoms. The number of unbranched alkanes of at least 4 members (excludes halogenated alkanes) is 1. The Kier molecular flexibility index (Phi) is 6.02.